The number of fused-ring (bicyclic) bond motifs is 2. The van der Waals surface area contributed by atoms with Crippen LogP contribution in [0.1, 0.15) is 17.4 Å². The molecule has 0 N–H and O–H groups in total. The van der Waals surface area contributed by atoms with Gasteiger partial charge in [0.15, 0.2) is 23.0 Å². The Hall–Kier alpha value is -3.42. The summed E-state index contributed by atoms with van der Waals surface area (Å²) in [6.07, 6.45) is 1.76. The van der Waals surface area contributed by atoms with Crippen molar-refractivity contribution in [3.05, 3.63) is 48.3 Å². The lowest BCUT2D eigenvalue weighted by Crippen LogP contribution is -2.05. The fourth-order valence-electron chi connectivity index (χ4n) is 2.47. The topological polar surface area (TPSA) is 86.8 Å². The molecule has 0 saturated carbocycles. The first-order chi connectivity index (χ1) is 12.3. The summed E-state index contributed by atoms with van der Waals surface area (Å²) < 4.78 is 17.3. The minimum Gasteiger partial charge on any atom is -0.461 e. The van der Waals surface area contributed by atoms with Gasteiger partial charge in [0.1, 0.15) is 5.65 Å². The van der Waals surface area contributed by atoms with Gasteiger partial charge in [-0.1, -0.05) is 6.07 Å². The molecule has 0 atom stereocenters. The van der Waals surface area contributed by atoms with E-state index < -0.39 is 5.97 Å². The predicted molar refractivity (Wildman–Crippen MR) is 87.9 cm³/mol. The molecule has 3 aromatic rings. The predicted octanol–water partition coefficient (Wildman–Crippen LogP) is 3.66. The van der Waals surface area contributed by atoms with Crippen LogP contribution in [0.2, 0.25) is 0 Å². The molecule has 25 heavy (non-hydrogen) atoms. The molecule has 1 aliphatic rings. The average Bonchev–Trinajstić information content (AvgIpc) is 3.24. The summed E-state index contributed by atoms with van der Waals surface area (Å²) >= 11 is 0. The Bertz CT molecular complexity index is 980. The monoisotopic (exact) mass is 338 g/mol. The van der Waals surface area contributed by atoms with Gasteiger partial charge in [-0.15, -0.1) is 10.2 Å². The largest absolute Gasteiger partial charge is 0.461 e. The van der Waals surface area contributed by atoms with Gasteiger partial charge in [-0.05, 0) is 31.2 Å². The van der Waals surface area contributed by atoms with E-state index in [9.17, 15) is 4.79 Å². The summed E-state index contributed by atoms with van der Waals surface area (Å²) in [5.74, 6) is 1.05. The van der Waals surface area contributed by atoms with Crippen molar-refractivity contribution in [2.75, 3.05) is 13.4 Å². The van der Waals surface area contributed by atoms with Crippen molar-refractivity contribution in [2.45, 2.75) is 6.92 Å². The molecule has 3 heterocycles. The van der Waals surface area contributed by atoms with Gasteiger partial charge in [0.05, 0.1) is 12.3 Å². The molecule has 0 radical (unpaired) electrons. The molecule has 0 bridgehead atoms. The molecule has 0 saturated heterocycles. The van der Waals surface area contributed by atoms with Crippen molar-refractivity contribution in [1.29, 1.82) is 0 Å². The van der Waals surface area contributed by atoms with E-state index in [4.69, 9.17) is 14.2 Å². The highest BCUT2D eigenvalue weighted by atomic mass is 16.7. The Morgan fingerprint density at radius 3 is 3.00 bits per heavy atom. The SMILES string of the molecule is CCOC(=O)c1nc2ccccn2c1N=Nc1ccc2c(c1)OCO2. The second-order valence-corrected chi connectivity index (χ2v) is 5.17. The summed E-state index contributed by atoms with van der Waals surface area (Å²) in [6, 6.07) is 10.7. The zero-order valence-electron chi connectivity index (χ0n) is 13.4. The molecule has 1 aromatic carbocycles. The fraction of sp³-hybridized carbons (Fsp3) is 0.176. The first-order valence-electron chi connectivity index (χ1n) is 7.72. The van der Waals surface area contributed by atoms with Crippen LogP contribution < -0.4 is 9.47 Å². The summed E-state index contributed by atoms with van der Waals surface area (Å²) in [5.41, 5.74) is 1.28. The average molecular weight is 338 g/mol. The van der Waals surface area contributed by atoms with Crippen LogP contribution in [0.4, 0.5) is 11.5 Å². The summed E-state index contributed by atoms with van der Waals surface area (Å²) in [5, 5.41) is 8.42. The van der Waals surface area contributed by atoms with Crippen LogP contribution in [-0.2, 0) is 4.74 Å². The minimum atomic E-state index is -0.536. The maximum atomic E-state index is 12.2. The fourth-order valence-corrected chi connectivity index (χ4v) is 2.47. The maximum absolute atomic E-state index is 12.2. The van der Waals surface area contributed by atoms with Crippen molar-refractivity contribution >= 4 is 23.1 Å². The second-order valence-electron chi connectivity index (χ2n) is 5.17. The Morgan fingerprint density at radius 2 is 2.12 bits per heavy atom. The third-order valence-electron chi connectivity index (χ3n) is 3.59. The standard InChI is InChI=1S/C17H14N4O4/c1-2-23-17(22)15-16(21-8-4-3-5-14(21)18-15)20-19-11-6-7-12-13(9-11)25-10-24-12/h3-9H,2,10H2,1H3. The summed E-state index contributed by atoms with van der Waals surface area (Å²) in [6.45, 7) is 2.18. The molecule has 8 heteroatoms. The smallest absolute Gasteiger partial charge is 0.360 e. The number of hydrogen-bond donors (Lipinski definition) is 0. The number of imidazole rings is 1. The lowest BCUT2D eigenvalue weighted by atomic mass is 10.3. The Morgan fingerprint density at radius 1 is 1.24 bits per heavy atom. The number of esters is 1. The quantitative estimate of drug-likeness (QED) is 0.535. The molecule has 0 fully saturated rings. The van der Waals surface area contributed by atoms with Crippen LogP contribution in [0.5, 0.6) is 11.5 Å². The van der Waals surface area contributed by atoms with Crippen molar-refractivity contribution in [3.63, 3.8) is 0 Å². The van der Waals surface area contributed by atoms with Gasteiger partial charge in [-0.25, -0.2) is 9.78 Å². The van der Waals surface area contributed by atoms with E-state index in [-0.39, 0.29) is 19.1 Å². The van der Waals surface area contributed by atoms with E-state index in [1.807, 2.05) is 12.1 Å². The molecule has 126 valence electrons. The summed E-state index contributed by atoms with van der Waals surface area (Å²) in [7, 11) is 0. The first kappa shape index (κ1) is 15.1. The highest BCUT2D eigenvalue weighted by Crippen LogP contribution is 2.36. The van der Waals surface area contributed by atoms with Gasteiger partial charge in [0, 0.05) is 12.3 Å². The molecule has 2 aromatic heterocycles. The number of aromatic nitrogens is 2. The molecule has 0 aliphatic carbocycles. The number of azo groups is 1. The minimum absolute atomic E-state index is 0.123. The maximum Gasteiger partial charge on any atom is 0.360 e. The van der Waals surface area contributed by atoms with Gasteiger partial charge in [0.25, 0.3) is 0 Å². The van der Waals surface area contributed by atoms with E-state index >= 15 is 0 Å². The molecule has 1 aliphatic heterocycles. The zero-order chi connectivity index (χ0) is 17.2. The summed E-state index contributed by atoms with van der Waals surface area (Å²) in [4.78, 5) is 16.5. The van der Waals surface area contributed by atoms with Crippen LogP contribution in [0.15, 0.2) is 52.8 Å². The van der Waals surface area contributed by atoms with Crippen molar-refractivity contribution < 1.29 is 19.0 Å². The molecule has 4 rings (SSSR count). The molecule has 0 spiro atoms. The van der Waals surface area contributed by atoms with Gasteiger partial charge >= 0.3 is 5.97 Å². The van der Waals surface area contributed by atoms with E-state index in [1.165, 1.54) is 0 Å². The number of ether oxygens (including phenoxy) is 3. The third kappa shape index (κ3) is 2.78. The molecule has 0 unspecified atom stereocenters. The number of carbonyl (C=O) groups is 1. The number of nitrogens with zero attached hydrogens (tertiary/aromatic N) is 4. The lowest BCUT2D eigenvalue weighted by Gasteiger charge is -2.00. The van der Waals surface area contributed by atoms with E-state index in [0.29, 0.717) is 28.7 Å². The number of pyridine rings is 1. The van der Waals surface area contributed by atoms with Gasteiger partial charge < -0.3 is 14.2 Å². The van der Waals surface area contributed by atoms with E-state index in [0.717, 1.165) is 0 Å². The van der Waals surface area contributed by atoms with Crippen molar-refractivity contribution in [1.82, 2.24) is 9.38 Å². The highest BCUT2D eigenvalue weighted by molar-refractivity contribution is 5.93. The first-order valence-corrected chi connectivity index (χ1v) is 7.72. The Kier molecular flexibility index (Phi) is 3.77. The molecular formula is C17H14N4O4. The highest BCUT2D eigenvalue weighted by Gasteiger charge is 2.20. The molecular weight excluding hydrogens is 324 g/mol. The number of hydrogen-bond acceptors (Lipinski definition) is 7. The van der Waals surface area contributed by atoms with Gasteiger partial charge in [-0.3, -0.25) is 4.40 Å². The number of rotatable bonds is 4. The van der Waals surface area contributed by atoms with Crippen LogP contribution in [0.3, 0.4) is 0 Å². The van der Waals surface area contributed by atoms with Gasteiger partial charge in [0.2, 0.25) is 6.79 Å². The Balaban J connectivity index is 1.74. The van der Waals surface area contributed by atoms with E-state index in [1.54, 1.807) is 41.8 Å². The normalized spacial score (nSPS) is 12.8. The number of carbonyl (C=O) groups excluding carboxylic acids is 1. The van der Waals surface area contributed by atoms with Crippen LogP contribution in [0, 0.1) is 0 Å². The molecule has 8 nitrogen and oxygen atoms in total. The third-order valence-corrected chi connectivity index (χ3v) is 3.59. The van der Waals surface area contributed by atoms with Crippen LogP contribution in [-0.4, -0.2) is 28.8 Å². The van der Waals surface area contributed by atoms with Crippen LogP contribution >= 0.6 is 0 Å². The Labute approximate surface area is 142 Å². The zero-order valence-corrected chi connectivity index (χ0v) is 13.4. The van der Waals surface area contributed by atoms with Gasteiger partial charge in [-0.2, -0.15) is 0 Å². The second kappa shape index (κ2) is 6.23. The van der Waals surface area contributed by atoms with E-state index in [2.05, 4.69) is 15.2 Å². The number of benzene rings is 1. The van der Waals surface area contributed by atoms with Crippen molar-refractivity contribution in [3.8, 4) is 11.5 Å². The van der Waals surface area contributed by atoms with Crippen LogP contribution in [0.25, 0.3) is 5.65 Å². The molecule has 0 amide bonds. The lowest BCUT2D eigenvalue weighted by molar-refractivity contribution is 0.0521. The van der Waals surface area contributed by atoms with Crippen molar-refractivity contribution in [2.24, 2.45) is 10.2 Å².